The number of rotatable bonds is 1. The Kier molecular flexibility index (Phi) is 1.21. The van der Waals surface area contributed by atoms with Gasteiger partial charge in [-0.25, -0.2) is 0 Å². The minimum Gasteiger partial charge on any atom is -0.366 e. The third-order valence-electron chi connectivity index (χ3n) is 1.69. The quantitative estimate of drug-likeness (QED) is 0.545. The molecule has 2 heterocycles. The van der Waals surface area contributed by atoms with Crippen molar-refractivity contribution >= 4 is 0 Å². The van der Waals surface area contributed by atoms with E-state index < -0.39 is 0 Å². The predicted molar refractivity (Wildman–Crippen MR) is 37.7 cm³/mol. The van der Waals surface area contributed by atoms with Crippen LogP contribution in [0.25, 0.3) is 0 Å². The number of nitrogens with zero attached hydrogens (tertiary/aromatic N) is 1. The molecule has 1 aromatic rings. The molecule has 0 radical (unpaired) electrons. The molecule has 2 rings (SSSR count). The molecule has 0 bridgehead atoms. The fourth-order valence-electron chi connectivity index (χ4n) is 1.04. The zero-order valence-electron chi connectivity index (χ0n) is 5.87. The monoisotopic (exact) mass is 135 g/mol. The highest BCUT2D eigenvalue weighted by atomic mass is 16.6. The molecule has 10 heavy (non-hydrogen) atoms. The van der Waals surface area contributed by atoms with E-state index in [-0.39, 0.29) is 0 Å². The lowest BCUT2D eigenvalue weighted by Crippen LogP contribution is -1.89. The van der Waals surface area contributed by atoms with Crippen molar-refractivity contribution < 1.29 is 4.74 Å². The first-order valence-electron chi connectivity index (χ1n) is 3.41. The molecule has 1 unspecified atom stereocenters. The fourth-order valence-corrected chi connectivity index (χ4v) is 1.04. The standard InChI is InChI=1S/C8H9NO/c1-6-3-2-4-9-8(6)7-5-10-7/h2-4,7H,5H2,1H3. The molecule has 0 N–H and O–H groups in total. The lowest BCUT2D eigenvalue weighted by Gasteiger charge is -1.97. The van der Waals surface area contributed by atoms with Gasteiger partial charge in [0, 0.05) is 6.20 Å². The zero-order chi connectivity index (χ0) is 6.97. The second kappa shape index (κ2) is 2.06. The Morgan fingerprint density at radius 3 is 3.10 bits per heavy atom. The summed E-state index contributed by atoms with van der Waals surface area (Å²) in [5.41, 5.74) is 2.33. The topological polar surface area (TPSA) is 25.4 Å². The third-order valence-corrected chi connectivity index (χ3v) is 1.69. The first-order valence-corrected chi connectivity index (χ1v) is 3.41. The van der Waals surface area contributed by atoms with Gasteiger partial charge in [-0.05, 0) is 18.6 Å². The van der Waals surface area contributed by atoms with E-state index >= 15 is 0 Å². The summed E-state index contributed by atoms with van der Waals surface area (Å²) in [6, 6.07) is 4.01. The summed E-state index contributed by atoms with van der Waals surface area (Å²) in [4.78, 5) is 4.22. The highest BCUT2D eigenvalue weighted by molar-refractivity contribution is 5.21. The average molecular weight is 135 g/mol. The predicted octanol–water partition coefficient (Wildman–Crippen LogP) is 1.46. The third kappa shape index (κ3) is 0.907. The summed E-state index contributed by atoms with van der Waals surface area (Å²) in [5, 5.41) is 0. The first-order chi connectivity index (χ1) is 4.88. The minimum absolute atomic E-state index is 0.293. The Morgan fingerprint density at radius 1 is 1.70 bits per heavy atom. The van der Waals surface area contributed by atoms with Gasteiger partial charge in [0.15, 0.2) is 0 Å². The van der Waals surface area contributed by atoms with Gasteiger partial charge in [-0.3, -0.25) is 4.98 Å². The number of epoxide rings is 1. The van der Waals surface area contributed by atoms with Crippen molar-refractivity contribution in [3.63, 3.8) is 0 Å². The highest BCUT2D eigenvalue weighted by Crippen LogP contribution is 2.29. The molecule has 0 spiro atoms. The van der Waals surface area contributed by atoms with Crippen LogP contribution in [-0.4, -0.2) is 11.6 Å². The summed E-state index contributed by atoms with van der Waals surface area (Å²) < 4.78 is 5.11. The van der Waals surface area contributed by atoms with Crippen LogP contribution in [0.4, 0.5) is 0 Å². The van der Waals surface area contributed by atoms with Gasteiger partial charge in [0.25, 0.3) is 0 Å². The number of ether oxygens (including phenoxy) is 1. The van der Waals surface area contributed by atoms with Gasteiger partial charge in [0.1, 0.15) is 6.10 Å². The molecule has 0 aromatic carbocycles. The summed E-state index contributed by atoms with van der Waals surface area (Å²) in [7, 11) is 0. The van der Waals surface area contributed by atoms with Crippen molar-refractivity contribution in [3.8, 4) is 0 Å². The Bertz CT molecular complexity index is 243. The molecule has 0 saturated carbocycles. The molecule has 2 heteroatoms. The largest absolute Gasteiger partial charge is 0.366 e. The molecule has 1 aliphatic heterocycles. The molecule has 1 saturated heterocycles. The van der Waals surface area contributed by atoms with E-state index in [4.69, 9.17) is 4.74 Å². The van der Waals surface area contributed by atoms with Crippen LogP contribution >= 0.6 is 0 Å². The number of hydrogen-bond acceptors (Lipinski definition) is 2. The van der Waals surface area contributed by atoms with Crippen LogP contribution in [0.15, 0.2) is 18.3 Å². The van der Waals surface area contributed by atoms with Gasteiger partial charge < -0.3 is 4.74 Å². The lowest BCUT2D eigenvalue weighted by atomic mass is 10.2. The van der Waals surface area contributed by atoms with Crippen LogP contribution in [0.2, 0.25) is 0 Å². The highest BCUT2D eigenvalue weighted by Gasteiger charge is 2.27. The van der Waals surface area contributed by atoms with Crippen molar-refractivity contribution in [2.45, 2.75) is 13.0 Å². The minimum atomic E-state index is 0.293. The summed E-state index contributed by atoms with van der Waals surface area (Å²) in [6.07, 6.45) is 2.10. The van der Waals surface area contributed by atoms with Crippen LogP contribution in [-0.2, 0) is 4.74 Å². The summed E-state index contributed by atoms with van der Waals surface area (Å²) in [6.45, 7) is 2.90. The second-order valence-electron chi connectivity index (χ2n) is 2.53. The smallest absolute Gasteiger partial charge is 0.123 e. The average Bonchev–Trinajstić information content (AvgIpc) is 2.71. The Balaban J connectivity index is 2.39. The summed E-state index contributed by atoms with van der Waals surface area (Å²) in [5.74, 6) is 0. The van der Waals surface area contributed by atoms with Crippen LogP contribution < -0.4 is 0 Å². The zero-order valence-corrected chi connectivity index (χ0v) is 5.87. The first kappa shape index (κ1) is 5.86. The molecule has 1 aliphatic rings. The number of aryl methyl sites for hydroxylation is 1. The van der Waals surface area contributed by atoms with Crippen LogP contribution in [0, 0.1) is 6.92 Å². The van der Waals surface area contributed by atoms with E-state index in [1.54, 1.807) is 0 Å². The molecule has 1 atom stereocenters. The molecule has 2 nitrogen and oxygen atoms in total. The van der Waals surface area contributed by atoms with E-state index in [9.17, 15) is 0 Å². The Morgan fingerprint density at radius 2 is 2.50 bits per heavy atom. The van der Waals surface area contributed by atoms with E-state index in [1.165, 1.54) is 5.56 Å². The molecule has 0 amide bonds. The van der Waals surface area contributed by atoms with E-state index in [2.05, 4.69) is 18.0 Å². The molecule has 1 fully saturated rings. The van der Waals surface area contributed by atoms with Crippen LogP contribution in [0.1, 0.15) is 17.4 Å². The van der Waals surface area contributed by atoms with E-state index in [0.29, 0.717) is 6.10 Å². The van der Waals surface area contributed by atoms with E-state index in [0.717, 1.165) is 12.3 Å². The molecule has 52 valence electrons. The van der Waals surface area contributed by atoms with Crippen molar-refractivity contribution in [1.82, 2.24) is 4.98 Å². The van der Waals surface area contributed by atoms with Crippen molar-refractivity contribution in [3.05, 3.63) is 29.6 Å². The SMILES string of the molecule is Cc1cccnc1C1CO1. The second-order valence-corrected chi connectivity index (χ2v) is 2.53. The number of aromatic nitrogens is 1. The maximum Gasteiger partial charge on any atom is 0.123 e. The van der Waals surface area contributed by atoms with Gasteiger partial charge >= 0.3 is 0 Å². The maximum atomic E-state index is 5.11. The molecular formula is C8H9NO. The van der Waals surface area contributed by atoms with Gasteiger partial charge in [-0.2, -0.15) is 0 Å². The fraction of sp³-hybridized carbons (Fsp3) is 0.375. The van der Waals surface area contributed by atoms with Crippen LogP contribution in [0.5, 0.6) is 0 Å². The van der Waals surface area contributed by atoms with Crippen molar-refractivity contribution in [1.29, 1.82) is 0 Å². The Hall–Kier alpha value is -0.890. The lowest BCUT2D eigenvalue weighted by molar-refractivity contribution is 0.410. The molecule has 0 aliphatic carbocycles. The Labute approximate surface area is 59.9 Å². The van der Waals surface area contributed by atoms with Crippen LogP contribution in [0.3, 0.4) is 0 Å². The summed E-state index contributed by atoms with van der Waals surface area (Å²) >= 11 is 0. The van der Waals surface area contributed by atoms with Crippen molar-refractivity contribution in [2.75, 3.05) is 6.61 Å². The number of hydrogen-bond donors (Lipinski definition) is 0. The van der Waals surface area contributed by atoms with Crippen molar-refractivity contribution in [2.24, 2.45) is 0 Å². The number of pyridine rings is 1. The maximum absolute atomic E-state index is 5.11. The van der Waals surface area contributed by atoms with E-state index in [1.807, 2.05) is 12.3 Å². The van der Waals surface area contributed by atoms with Gasteiger partial charge in [0.05, 0.1) is 12.3 Å². The molecular weight excluding hydrogens is 126 g/mol. The van der Waals surface area contributed by atoms with Gasteiger partial charge in [0.2, 0.25) is 0 Å². The normalized spacial score (nSPS) is 22.7. The molecule has 1 aromatic heterocycles. The van der Waals surface area contributed by atoms with Gasteiger partial charge in [-0.15, -0.1) is 0 Å². The van der Waals surface area contributed by atoms with Gasteiger partial charge in [-0.1, -0.05) is 6.07 Å².